The molecule has 2 aromatic carbocycles. The fourth-order valence-electron chi connectivity index (χ4n) is 5.22. The fourth-order valence-corrected chi connectivity index (χ4v) is 5.22. The van der Waals surface area contributed by atoms with Gasteiger partial charge in [-0.25, -0.2) is 4.39 Å². The number of aryl methyl sites for hydroxylation is 2. The maximum Gasteiger partial charge on any atom is 0.227 e. The van der Waals surface area contributed by atoms with Crippen LogP contribution in [0.4, 0.5) is 15.8 Å². The van der Waals surface area contributed by atoms with Gasteiger partial charge in [0.25, 0.3) is 0 Å². The summed E-state index contributed by atoms with van der Waals surface area (Å²) in [7, 11) is 0. The van der Waals surface area contributed by atoms with Crippen molar-refractivity contribution >= 4 is 23.2 Å². The van der Waals surface area contributed by atoms with Gasteiger partial charge in [0.15, 0.2) is 0 Å². The van der Waals surface area contributed by atoms with E-state index in [9.17, 15) is 19.1 Å². The van der Waals surface area contributed by atoms with Crippen molar-refractivity contribution in [3.8, 4) is 0 Å². The summed E-state index contributed by atoms with van der Waals surface area (Å²) in [6, 6.07) is 11.2. The van der Waals surface area contributed by atoms with E-state index in [0.29, 0.717) is 43.7 Å². The van der Waals surface area contributed by atoms with E-state index >= 15 is 0 Å². The monoisotopic (exact) mass is 451 g/mol. The predicted molar refractivity (Wildman–Crippen MR) is 125 cm³/mol. The molecule has 33 heavy (non-hydrogen) atoms. The summed E-state index contributed by atoms with van der Waals surface area (Å²) >= 11 is 0. The number of rotatable bonds is 5. The molecule has 2 amide bonds. The summed E-state index contributed by atoms with van der Waals surface area (Å²) in [4.78, 5) is 29.0. The molecule has 2 aromatic rings. The van der Waals surface area contributed by atoms with Crippen molar-refractivity contribution in [1.82, 2.24) is 5.32 Å². The van der Waals surface area contributed by atoms with Crippen molar-refractivity contribution < 1.29 is 19.1 Å². The highest BCUT2D eigenvalue weighted by atomic mass is 19.1. The van der Waals surface area contributed by atoms with Gasteiger partial charge in [-0.05, 0) is 73.1 Å². The Hall–Kier alpha value is -2.93. The zero-order chi connectivity index (χ0) is 22.9. The lowest BCUT2D eigenvalue weighted by Gasteiger charge is -2.31. The molecule has 174 valence electrons. The van der Waals surface area contributed by atoms with E-state index in [1.165, 1.54) is 17.2 Å². The number of nitrogens with one attached hydrogen (secondary N) is 1. The van der Waals surface area contributed by atoms with Crippen LogP contribution in [0.5, 0.6) is 0 Å². The van der Waals surface area contributed by atoms with Crippen LogP contribution in [0.2, 0.25) is 0 Å². The van der Waals surface area contributed by atoms with Gasteiger partial charge >= 0.3 is 0 Å². The Morgan fingerprint density at radius 1 is 1.09 bits per heavy atom. The minimum absolute atomic E-state index is 0.0323. The maximum absolute atomic E-state index is 14.7. The maximum atomic E-state index is 14.7. The molecule has 0 bridgehead atoms. The molecule has 2 fully saturated rings. The van der Waals surface area contributed by atoms with Gasteiger partial charge in [-0.15, -0.1) is 0 Å². The van der Waals surface area contributed by atoms with Crippen molar-refractivity contribution in [2.45, 2.75) is 51.2 Å². The summed E-state index contributed by atoms with van der Waals surface area (Å²) in [5, 5.41) is 12.5. The number of anilines is 2. The summed E-state index contributed by atoms with van der Waals surface area (Å²) < 4.78 is 14.7. The Morgan fingerprint density at radius 2 is 1.88 bits per heavy atom. The second-order valence-electron chi connectivity index (χ2n) is 9.43. The number of fused-ring (bicyclic) bond motifs is 1. The highest BCUT2D eigenvalue weighted by Crippen LogP contribution is 2.31. The number of aliphatic hydroxyl groups excluding tert-OH is 1. The lowest BCUT2D eigenvalue weighted by Crippen LogP contribution is -2.36. The van der Waals surface area contributed by atoms with E-state index in [1.54, 1.807) is 11.0 Å². The highest BCUT2D eigenvalue weighted by Gasteiger charge is 2.35. The van der Waals surface area contributed by atoms with Crippen LogP contribution in [0.1, 0.15) is 42.4 Å². The highest BCUT2D eigenvalue weighted by molar-refractivity contribution is 6.00. The first-order valence-electron chi connectivity index (χ1n) is 11.9. The summed E-state index contributed by atoms with van der Waals surface area (Å²) in [5.41, 5.74) is 4.75. The van der Waals surface area contributed by atoms with Crippen LogP contribution < -0.4 is 15.1 Å². The number of nitrogens with zero attached hydrogens (tertiary/aromatic N) is 2. The normalized spacial score (nSPS) is 20.9. The minimum Gasteiger partial charge on any atom is -0.393 e. The second-order valence-corrected chi connectivity index (χ2v) is 9.43. The van der Waals surface area contributed by atoms with Crippen LogP contribution in [-0.4, -0.2) is 42.7 Å². The summed E-state index contributed by atoms with van der Waals surface area (Å²) in [6.45, 7) is 1.85. The Morgan fingerprint density at radius 3 is 2.67 bits per heavy atom. The number of hydrogen-bond donors (Lipinski definition) is 2. The number of benzene rings is 2. The van der Waals surface area contributed by atoms with Crippen LogP contribution in [-0.2, 0) is 29.0 Å². The Labute approximate surface area is 193 Å². The molecule has 6 nitrogen and oxygen atoms in total. The third-order valence-corrected chi connectivity index (χ3v) is 7.17. The molecule has 0 aromatic heterocycles. The topological polar surface area (TPSA) is 72.9 Å². The van der Waals surface area contributed by atoms with Gasteiger partial charge < -0.3 is 20.2 Å². The molecule has 2 heterocycles. The molecule has 5 rings (SSSR count). The molecule has 1 unspecified atom stereocenters. The molecule has 2 saturated heterocycles. The first kappa shape index (κ1) is 21.9. The van der Waals surface area contributed by atoms with E-state index in [0.717, 1.165) is 24.9 Å². The average molecular weight is 452 g/mol. The number of halogens is 1. The quantitative estimate of drug-likeness (QED) is 0.733. The lowest BCUT2D eigenvalue weighted by atomic mass is 10.1. The number of carbonyl (C=O) groups excluding carboxylic acids is 2. The zero-order valence-electron chi connectivity index (χ0n) is 18.7. The van der Waals surface area contributed by atoms with Crippen LogP contribution >= 0.6 is 0 Å². The van der Waals surface area contributed by atoms with Crippen LogP contribution in [0.3, 0.4) is 0 Å². The molecule has 2 N–H and O–H groups in total. The second kappa shape index (κ2) is 9.14. The van der Waals surface area contributed by atoms with Crippen molar-refractivity contribution in [3.63, 3.8) is 0 Å². The number of carbonyl (C=O) groups is 2. The molecular weight excluding hydrogens is 421 g/mol. The lowest BCUT2D eigenvalue weighted by molar-refractivity contribution is -0.126. The molecule has 0 spiro atoms. The molecule has 7 heteroatoms. The van der Waals surface area contributed by atoms with Gasteiger partial charge in [-0.1, -0.05) is 12.1 Å². The van der Waals surface area contributed by atoms with Crippen molar-refractivity contribution in [3.05, 3.63) is 58.9 Å². The predicted octanol–water partition coefficient (Wildman–Crippen LogP) is 2.94. The van der Waals surface area contributed by atoms with Crippen LogP contribution in [0, 0.1) is 11.7 Å². The van der Waals surface area contributed by atoms with Gasteiger partial charge in [-0.2, -0.15) is 0 Å². The first-order valence-corrected chi connectivity index (χ1v) is 11.9. The van der Waals surface area contributed by atoms with E-state index in [1.807, 2.05) is 17.0 Å². The van der Waals surface area contributed by atoms with Crippen LogP contribution in [0.25, 0.3) is 0 Å². The van der Waals surface area contributed by atoms with Crippen molar-refractivity contribution in [2.75, 3.05) is 29.4 Å². The standard InChI is InChI=1S/C26H30FN3O3/c27-23-12-17(4-7-24(23)29-10-8-22(31)9-11-29)15-28-26(33)20-14-25(32)30(16-20)21-6-5-18-2-1-3-19(18)13-21/h4-7,12-13,20,22,31H,1-3,8-11,14-16H2,(H,28,33). The van der Waals surface area contributed by atoms with Gasteiger partial charge in [0.2, 0.25) is 11.8 Å². The zero-order valence-corrected chi connectivity index (χ0v) is 18.7. The number of piperidine rings is 1. The largest absolute Gasteiger partial charge is 0.393 e. The van der Waals surface area contributed by atoms with Gasteiger partial charge in [0, 0.05) is 38.3 Å². The average Bonchev–Trinajstić information content (AvgIpc) is 3.44. The summed E-state index contributed by atoms with van der Waals surface area (Å²) in [6.07, 6.45) is 4.46. The van der Waals surface area contributed by atoms with E-state index in [-0.39, 0.29) is 36.7 Å². The Kier molecular flexibility index (Phi) is 6.06. The molecule has 0 radical (unpaired) electrons. The SMILES string of the molecule is O=C(NCc1ccc(N2CCC(O)CC2)c(F)c1)C1CC(=O)N(c2ccc3c(c2)CCC3)C1. The smallest absolute Gasteiger partial charge is 0.227 e. The number of amides is 2. The molecule has 3 aliphatic rings. The van der Waals surface area contributed by atoms with Crippen molar-refractivity contribution in [2.24, 2.45) is 5.92 Å². The van der Waals surface area contributed by atoms with E-state index in [4.69, 9.17) is 0 Å². The van der Waals surface area contributed by atoms with E-state index < -0.39 is 5.92 Å². The molecule has 1 aliphatic carbocycles. The molecule has 0 saturated carbocycles. The molecule has 2 aliphatic heterocycles. The minimum atomic E-state index is -0.408. The number of aliphatic hydroxyl groups is 1. The van der Waals surface area contributed by atoms with Gasteiger partial charge in [0.05, 0.1) is 17.7 Å². The third kappa shape index (κ3) is 4.60. The van der Waals surface area contributed by atoms with Crippen LogP contribution in [0.15, 0.2) is 36.4 Å². The van der Waals surface area contributed by atoms with Gasteiger partial charge in [-0.3, -0.25) is 9.59 Å². The molecule has 1 atom stereocenters. The number of hydrogen-bond acceptors (Lipinski definition) is 4. The Balaban J connectivity index is 1.17. The summed E-state index contributed by atoms with van der Waals surface area (Å²) in [5.74, 6) is -0.941. The van der Waals surface area contributed by atoms with Gasteiger partial charge in [0.1, 0.15) is 5.82 Å². The van der Waals surface area contributed by atoms with Crippen molar-refractivity contribution in [1.29, 1.82) is 0 Å². The fraction of sp³-hybridized carbons (Fsp3) is 0.462. The van der Waals surface area contributed by atoms with E-state index in [2.05, 4.69) is 17.4 Å². The first-order chi connectivity index (χ1) is 16.0. The Bertz CT molecular complexity index is 1060. The third-order valence-electron chi connectivity index (χ3n) is 7.17. The molecular formula is C26H30FN3O3.